The Bertz CT molecular complexity index is 3300. The zero-order valence-electron chi connectivity index (χ0n) is 44.8. The van der Waals surface area contributed by atoms with Crippen LogP contribution in [0.3, 0.4) is 0 Å². The Kier molecular flexibility index (Phi) is 16.9. The molecule has 0 spiro atoms. The van der Waals surface area contributed by atoms with E-state index in [1.807, 2.05) is 110 Å². The molecule has 4 atom stereocenters. The third-order valence-corrected chi connectivity index (χ3v) is 15.5. The van der Waals surface area contributed by atoms with Crippen molar-refractivity contribution in [3.63, 3.8) is 0 Å². The maximum atomic E-state index is 13.9. The number of piperazine rings is 1. The number of carbonyl (C=O) groups excluding carboxylic acids is 3. The molecule has 0 bridgehead atoms. The number of fused-ring (bicyclic) bond motifs is 6. The first kappa shape index (κ1) is 53.5. The molecule has 1 saturated carbocycles. The highest BCUT2D eigenvalue weighted by atomic mass is 16.5. The van der Waals surface area contributed by atoms with E-state index in [0.717, 1.165) is 102 Å². The molecule has 2 saturated heterocycles. The summed E-state index contributed by atoms with van der Waals surface area (Å²) in [6.07, 6.45) is 8.03. The van der Waals surface area contributed by atoms with Crippen molar-refractivity contribution in [1.82, 2.24) is 40.4 Å². The normalized spacial score (nSPS) is 17.9. The summed E-state index contributed by atoms with van der Waals surface area (Å²) in [6.45, 7) is 9.75. The number of hydrogen-bond donors (Lipinski definition) is 4. The summed E-state index contributed by atoms with van der Waals surface area (Å²) in [5.41, 5.74) is 13.0. The second-order valence-electron chi connectivity index (χ2n) is 20.6. The van der Waals surface area contributed by atoms with E-state index in [4.69, 9.17) is 39.6 Å². The molecule has 7 aromatic rings. The average Bonchev–Trinajstić information content (AvgIpc) is 4.19. The lowest BCUT2D eigenvalue weighted by Crippen LogP contribution is -2.49. The number of aromatic nitrogens is 4. The zero-order chi connectivity index (χ0) is 54.1. The number of aromatic amines is 1. The number of anilines is 2. The highest BCUT2D eigenvalue weighted by Gasteiger charge is 2.46. The SMILES string of the molecule is COc1cc2c(cc1OCCCN1CCN(C(=O)CCOCCOCCNC(=O)[C@@H]3C[C@@H]4CCCC[C@@H]4N3c3cc([C@H](C)NC(=O)c4ccc(-c5ccc(N)cc5)cc4)nc(C)n3)CC1)ncc1c3ccc(C#N)cc3[nH]c21. The van der Waals surface area contributed by atoms with Crippen LogP contribution in [0.25, 0.3) is 43.8 Å². The quantitative estimate of drug-likeness (QED) is 0.0397. The van der Waals surface area contributed by atoms with Crippen LogP contribution in [0.15, 0.2) is 91.1 Å². The van der Waals surface area contributed by atoms with E-state index in [-0.39, 0.29) is 29.8 Å². The summed E-state index contributed by atoms with van der Waals surface area (Å²) < 4.78 is 23.6. The summed E-state index contributed by atoms with van der Waals surface area (Å²) in [7, 11) is 1.63. The van der Waals surface area contributed by atoms with Gasteiger partial charge in [0.2, 0.25) is 11.8 Å². The fourth-order valence-corrected chi connectivity index (χ4v) is 11.4. The van der Waals surface area contributed by atoms with Gasteiger partial charge in [0.05, 0.1) is 81.0 Å². The van der Waals surface area contributed by atoms with Gasteiger partial charge in [0.15, 0.2) is 11.5 Å². The van der Waals surface area contributed by atoms with Gasteiger partial charge < -0.3 is 50.1 Å². The Morgan fingerprint density at radius 3 is 2.37 bits per heavy atom. The average molecular weight is 1060 g/mol. The van der Waals surface area contributed by atoms with E-state index >= 15 is 0 Å². The van der Waals surface area contributed by atoms with E-state index in [1.165, 1.54) is 0 Å². The number of H-pyrrole nitrogens is 1. The molecule has 18 nitrogen and oxygen atoms in total. The maximum Gasteiger partial charge on any atom is 0.251 e. The number of nitrogens with two attached hydrogens (primary N) is 1. The third-order valence-electron chi connectivity index (χ3n) is 15.5. The van der Waals surface area contributed by atoms with Crippen LogP contribution >= 0.6 is 0 Å². The number of rotatable bonds is 21. The van der Waals surface area contributed by atoms with Gasteiger partial charge in [-0.05, 0) is 99.0 Å². The van der Waals surface area contributed by atoms with Crippen molar-refractivity contribution < 1.29 is 33.3 Å². The van der Waals surface area contributed by atoms with Crippen molar-refractivity contribution in [3.8, 4) is 28.7 Å². The van der Waals surface area contributed by atoms with Gasteiger partial charge in [0, 0.05) is 96.6 Å². The van der Waals surface area contributed by atoms with Gasteiger partial charge in [-0.25, -0.2) is 9.97 Å². The Labute approximate surface area is 454 Å². The second kappa shape index (κ2) is 24.6. The molecule has 0 radical (unpaired) electrons. The number of nitrogens with zero attached hydrogens (tertiary/aromatic N) is 7. The molecular formula is C60H69N11O7. The molecule has 78 heavy (non-hydrogen) atoms. The molecule has 1 aliphatic carbocycles. The maximum absolute atomic E-state index is 13.9. The van der Waals surface area contributed by atoms with Crippen LogP contribution in [0.5, 0.6) is 11.5 Å². The molecular weight excluding hydrogens is 987 g/mol. The smallest absolute Gasteiger partial charge is 0.251 e. The molecule has 3 aliphatic rings. The molecule has 2 aliphatic heterocycles. The van der Waals surface area contributed by atoms with Crippen molar-refractivity contribution in [2.45, 2.75) is 76.9 Å². The summed E-state index contributed by atoms with van der Waals surface area (Å²) >= 11 is 0. The van der Waals surface area contributed by atoms with E-state index in [9.17, 15) is 19.6 Å². The zero-order valence-corrected chi connectivity index (χ0v) is 44.8. The van der Waals surface area contributed by atoms with E-state index in [0.29, 0.717) is 111 Å². The lowest BCUT2D eigenvalue weighted by molar-refractivity contribution is -0.134. The van der Waals surface area contributed by atoms with Crippen molar-refractivity contribution >= 4 is 61.9 Å². The molecule has 0 unspecified atom stereocenters. The van der Waals surface area contributed by atoms with Gasteiger partial charge >= 0.3 is 0 Å². The lowest BCUT2D eigenvalue weighted by Gasteiger charge is -2.35. The summed E-state index contributed by atoms with van der Waals surface area (Å²) in [6, 6.07) is 28.1. The largest absolute Gasteiger partial charge is 0.493 e. The standard InChI is InChI=1S/C60H69N11O7/c1-38(65-59(73)43-12-10-41(11-13-43)42-14-16-45(62)17-15-42)49-35-56(67-39(2)66-49)71-52-8-5-4-7-44(52)32-53(71)60(74)63-20-28-77-30-29-76-27-19-57(72)70-24-22-69(23-25-70)21-6-26-78-55-34-50-47(33-54(55)75-3)58-48(37-64-50)46-18-9-40(36-61)31-51(46)68-58/h9-18,31,33-35,37-38,44,52-53,68H,4-8,19-30,32,62H2,1-3H3,(H,63,74)(H,65,73)/t38-,44-,52-,53-/m0/s1. The van der Waals surface area contributed by atoms with Gasteiger partial charge in [-0.1, -0.05) is 43.2 Å². The number of carbonyl (C=O) groups is 3. The fraction of sp³-hybridized carbons (Fsp3) is 0.417. The number of methoxy groups -OCH3 is 1. The van der Waals surface area contributed by atoms with Crippen LogP contribution in [-0.4, -0.2) is 139 Å². The van der Waals surface area contributed by atoms with Crippen LogP contribution < -0.4 is 30.7 Å². The lowest BCUT2D eigenvalue weighted by atomic mass is 9.84. The number of nitriles is 1. The number of pyridine rings is 1. The van der Waals surface area contributed by atoms with E-state index in [1.54, 1.807) is 7.11 Å². The van der Waals surface area contributed by atoms with Crippen molar-refractivity contribution in [2.24, 2.45) is 5.92 Å². The molecule has 3 fully saturated rings. The van der Waals surface area contributed by atoms with Gasteiger partial charge in [0.25, 0.3) is 5.91 Å². The van der Waals surface area contributed by atoms with Crippen LogP contribution in [0.4, 0.5) is 11.5 Å². The van der Waals surface area contributed by atoms with Gasteiger partial charge in [-0.3, -0.25) is 24.3 Å². The van der Waals surface area contributed by atoms with E-state index in [2.05, 4.69) is 31.5 Å². The predicted molar refractivity (Wildman–Crippen MR) is 300 cm³/mol. The number of nitrogen functional groups attached to an aromatic ring is 1. The predicted octanol–water partition coefficient (Wildman–Crippen LogP) is 7.88. The van der Waals surface area contributed by atoms with Gasteiger partial charge in [-0.2, -0.15) is 5.26 Å². The molecule has 18 heteroatoms. The molecule has 10 rings (SSSR count). The van der Waals surface area contributed by atoms with Crippen LogP contribution in [0, 0.1) is 24.2 Å². The van der Waals surface area contributed by atoms with Crippen molar-refractivity contribution in [2.75, 3.05) is 90.0 Å². The monoisotopic (exact) mass is 1060 g/mol. The molecule has 3 aromatic heterocycles. The third kappa shape index (κ3) is 12.3. The van der Waals surface area contributed by atoms with Crippen molar-refractivity contribution in [1.29, 1.82) is 5.26 Å². The number of hydrogen-bond acceptors (Lipinski definition) is 14. The molecule has 5 heterocycles. The minimum Gasteiger partial charge on any atom is -0.493 e. The number of ether oxygens (including phenoxy) is 4. The first-order valence-corrected chi connectivity index (χ1v) is 27.3. The first-order valence-electron chi connectivity index (χ1n) is 27.3. The minimum atomic E-state index is -0.406. The summed E-state index contributed by atoms with van der Waals surface area (Å²) in [5, 5.41) is 18.5. The molecule has 4 aromatic carbocycles. The minimum absolute atomic E-state index is 0.0535. The number of amides is 3. The second-order valence-corrected chi connectivity index (χ2v) is 20.6. The Morgan fingerprint density at radius 2 is 1.60 bits per heavy atom. The molecule has 406 valence electrons. The number of aryl methyl sites for hydroxylation is 1. The topological polar surface area (TPSA) is 226 Å². The van der Waals surface area contributed by atoms with Crippen molar-refractivity contribution in [3.05, 3.63) is 114 Å². The van der Waals surface area contributed by atoms with Crippen LogP contribution in [0.2, 0.25) is 0 Å². The van der Waals surface area contributed by atoms with Gasteiger partial charge in [0.1, 0.15) is 17.7 Å². The Morgan fingerprint density at radius 1 is 0.846 bits per heavy atom. The summed E-state index contributed by atoms with van der Waals surface area (Å²) in [4.78, 5) is 64.7. The molecule has 5 N–H and O–H groups in total. The highest BCUT2D eigenvalue weighted by molar-refractivity contribution is 6.16. The van der Waals surface area contributed by atoms with Crippen LogP contribution in [0.1, 0.15) is 85.4 Å². The molecule has 3 amide bonds. The number of benzene rings is 4. The number of nitrogens with one attached hydrogen (secondary N) is 3. The fourth-order valence-electron chi connectivity index (χ4n) is 11.4. The van der Waals surface area contributed by atoms with Crippen LogP contribution in [-0.2, 0) is 19.1 Å². The Balaban J connectivity index is 0.612. The van der Waals surface area contributed by atoms with E-state index < -0.39 is 6.04 Å². The summed E-state index contributed by atoms with van der Waals surface area (Å²) in [5.74, 6) is 2.76. The first-order chi connectivity index (χ1) is 38.0. The van der Waals surface area contributed by atoms with Gasteiger partial charge in [-0.15, -0.1) is 0 Å². The Hall–Kier alpha value is -7.85. The highest BCUT2D eigenvalue weighted by Crippen LogP contribution is 2.43.